The first-order valence-electron chi connectivity index (χ1n) is 11.8. The van der Waals surface area contributed by atoms with E-state index in [1.807, 2.05) is 54.7 Å². The second-order valence-corrected chi connectivity index (χ2v) is 9.63. The van der Waals surface area contributed by atoms with Crippen molar-refractivity contribution in [2.75, 3.05) is 7.11 Å². The van der Waals surface area contributed by atoms with Gasteiger partial charge in [-0.05, 0) is 67.6 Å². The highest BCUT2D eigenvalue weighted by Gasteiger charge is 2.28. The van der Waals surface area contributed by atoms with E-state index in [0.29, 0.717) is 18.1 Å². The first-order chi connectivity index (χ1) is 17.2. The van der Waals surface area contributed by atoms with E-state index in [4.69, 9.17) is 14.2 Å². The Balaban J connectivity index is 1.43. The zero-order chi connectivity index (χ0) is 25.7. The van der Waals surface area contributed by atoms with Crippen molar-refractivity contribution in [1.82, 2.24) is 15.6 Å². The van der Waals surface area contributed by atoms with Gasteiger partial charge in [-0.15, -0.1) is 0 Å². The van der Waals surface area contributed by atoms with Gasteiger partial charge in [-0.2, -0.15) is 0 Å². The highest BCUT2D eigenvalue weighted by molar-refractivity contribution is 5.87. The Hall–Kier alpha value is -4.07. The number of benzene rings is 2. The molecule has 0 fully saturated rings. The summed E-state index contributed by atoms with van der Waals surface area (Å²) in [6.45, 7) is 5.31. The molecule has 2 atom stereocenters. The van der Waals surface area contributed by atoms with Crippen molar-refractivity contribution in [1.29, 1.82) is 0 Å². The summed E-state index contributed by atoms with van der Waals surface area (Å²) in [5.74, 6) is 0.680. The fourth-order valence-corrected chi connectivity index (χ4v) is 3.92. The van der Waals surface area contributed by atoms with E-state index in [0.717, 1.165) is 21.9 Å². The minimum Gasteiger partial charge on any atom is -0.497 e. The molecule has 2 amide bonds. The zero-order valence-corrected chi connectivity index (χ0v) is 20.9. The predicted molar refractivity (Wildman–Crippen MR) is 136 cm³/mol. The highest BCUT2D eigenvalue weighted by atomic mass is 16.6. The van der Waals surface area contributed by atoms with E-state index >= 15 is 0 Å². The second kappa shape index (κ2) is 10.7. The number of carbonyl (C=O) groups is 2. The van der Waals surface area contributed by atoms with Crippen molar-refractivity contribution in [3.63, 3.8) is 0 Å². The van der Waals surface area contributed by atoms with Gasteiger partial charge in [-0.1, -0.05) is 24.3 Å². The topological polar surface area (TPSA) is 98.8 Å². The van der Waals surface area contributed by atoms with Gasteiger partial charge in [0.05, 0.1) is 7.11 Å². The molecule has 1 aliphatic heterocycles. The fourth-order valence-electron chi connectivity index (χ4n) is 3.92. The summed E-state index contributed by atoms with van der Waals surface area (Å²) >= 11 is 0. The van der Waals surface area contributed by atoms with Gasteiger partial charge in [0.2, 0.25) is 5.91 Å². The van der Waals surface area contributed by atoms with E-state index in [1.165, 1.54) is 0 Å². The molecule has 0 bridgehead atoms. The Bertz CT molecular complexity index is 1260. The Morgan fingerprint density at radius 3 is 2.61 bits per heavy atom. The minimum absolute atomic E-state index is 0.211. The molecule has 4 rings (SSSR count). The highest BCUT2D eigenvalue weighted by Crippen LogP contribution is 2.31. The molecular weight excluding hydrogens is 458 g/mol. The SMILES string of the molecule is COc1ccc(C[C@H](NC(=O)OC(C)(C)C)C(=O)NC2=CCC(c3ccc4cnccc4c3)O2)cc1. The maximum absolute atomic E-state index is 13.2. The third-order valence-corrected chi connectivity index (χ3v) is 5.68. The smallest absolute Gasteiger partial charge is 0.408 e. The average Bonchev–Trinajstić information content (AvgIpc) is 3.31. The minimum atomic E-state index is -0.870. The van der Waals surface area contributed by atoms with Crippen LogP contribution in [0.25, 0.3) is 10.8 Å². The molecule has 0 saturated carbocycles. The molecule has 3 aromatic rings. The summed E-state index contributed by atoms with van der Waals surface area (Å²) in [6.07, 6.45) is 5.43. The molecule has 0 aliphatic carbocycles. The first-order valence-corrected chi connectivity index (χ1v) is 11.8. The number of nitrogens with one attached hydrogen (secondary N) is 2. The lowest BCUT2D eigenvalue weighted by atomic mass is 10.0. The molecule has 1 unspecified atom stereocenters. The molecule has 2 heterocycles. The number of rotatable bonds is 7. The van der Waals surface area contributed by atoms with Crippen molar-refractivity contribution in [3.05, 3.63) is 84.0 Å². The molecule has 2 aromatic carbocycles. The summed E-state index contributed by atoms with van der Waals surface area (Å²) in [6, 6.07) is 14.5. The van der Waals surface area contributed by atoms with E-state index in [1.54, 1.807) is 34.1 Å². The lowest BCUT2D eigenvalue weighted by molar-refractivity contribution is -0.123. The summed E-state index contributed by atoms with van der Waals surface area (Å²) < 4.78 is 16.6. The largest absolute Gasteiger partial charge is 0.497 e. The van der Waals surface area contributed by atoms with Gasteiger partial charge < -0.3 is 19.5 Å². The van der Waals surface area contributed by atoms with Crippen LogP contribution < -0.4 is 15.4 Å². The third kappa shape index (κ3) is 6.53. The molecule has 188 valence electrons. The van der Waals surface area contributed by atoms with Crippen molar-refractivity contribution in [3.8, 4) is 5.75 Å². The zero-order valence-electron chi connectivity index (χ0n) is 20.9. The molecule has 8 nitrogen and oxygen atoms in total. The van der Waals surface area contributed by atoms with Crippen molar-refractivity contribution >= 4 is 22.8 Å². The summed E-state index contributed by atoms with van der Waals surface area (Å²) in [5.41, 5.74) is 1.18. The van der Waals surface area contributed by atoms with E-state index in [-0.39, 0.29) is 12.5 Å². The first kappa shape index (κ1) is 25.0. The molecule has 1 aliphatic rings. The second-order valence-electron chi connectivity index (χ2n) is 9.63. The molecule has 36 heavy (non-hydrogen) atoms. The number of alkyl carbamates (subject to hydrolysis) is 1. The van der Waals surface area contributed by atoms with Crippen LogP contribution in [-0.4, -0.2) is 35.7 Å². The molecule has 8 heteroatoms. The Morgan fingerprint density at radius 1 is 1.11 bits per heavy atom. The molecule has 1 aromatic heterocycles. The quantitative estimate of drug-likeness (QED) is 0.495. The van der Waals surface area contributed by atoms with Crippen LogP contribution in [0.2, 0.25) is 0 Å². The van der Waals surface area contributed by atoms with Crippen LogP contribution in [-0.2, 0) is 20.7 Å². The number of hydrogen-bond acceptors (Lipinski definition) is 6. The van der Waals surface area contributed by atoms with Crippen molar-refractivity contribution in [2.45, 2.75) is 51.4 Å². The van der Waals surface area contributed by atoms with Gasteiger partial charge in [-0.25, -0.2) is 4.79 Å². The van der Waals surface area contributed by atoms with Gasteiger partial charge in [-0.3, -0.25) is 15.1 Å². The van der Waals surface area contributed by atoms with Gasteiger partial charge in [0.1, 0.15) is 23.5 Å². The van der Waals surface area contributed by atoms with Gasteiger partial charge in [0.25, 0.3) is 0 Å². The van der Waals surface area contributed by atoms with E-state index in [2.05, 4.69) is 21.7 Å². The predicted octanol–water partition coefficient (Wildman–Crippen LogP) is 4.80. The monoisotopic (exact) mass is 489 g/mol. The van der Waals surface area contributed by atoms with Crippen LogP contribution in [0.1, 0.15) is 44.4 Å². The molecule has 0 radical (unpaired) electrons. The van der Waals surface area contributed by atoms with Gasteiger partial charge in [0, 0.05) is 30.6 Å². The van der Waals surface area contributed by atoms with Crippen molar-refractivity contribution in [2.24, 2.45) is 0 Å². The maximum atomic E-state index is 13.2. The van der Waals surface area contributed by atoms with Crippen LogP contribution in [0, 0.1) is 0 Å². The number of methoxy groups -OCH3 is 1. The molecular formula is C28H31N3O5. The number of ether oxygens (including phenoxy) is 3. The Kier molecular flexibility index (Phi) is 7.43. The Labute approximate surface area is 210 Å². The van der Waals surface area contributed by atoms with Gasteiger partial charge >= 0.3 is 6.09 Å². The number of nitrogens with zero attached hydrogens (tertiary/aromatic N) is 1. The van der Waals surface area contributed by atoms with Crippen LogP contribution >= 0.6 is 0 Å². The lowest BCUT2D eigenvalue weighted by Crippen LogP contribution is -2.49. The number of fused-ring (bicyclic) bond motifs is 1. The number of pyridine rings is 1. The standard InChI is InChI=1S/C28H31N3O5/c1-28(2,3)36-27(33)30-23(15-18-5-9-22(34-4)10-6-18)26(32)31-25-12-11-24(35-25)20-7-8-21-17-29-14-13-19(21)16-20/h5-10,12-14,16-17,23-24H,11,15H2,1-4H3,(H,30,33)(H,31,32)/t23-,24?/m0/s1. The Morgan fingerprint density at radius 2 is 1.89 bits per heavy atom. The summed E-state index contributed by atoms with van der Waals surface area (Å²) in [5, 5.41) is 7.64. The van der Waals surface area contributed by atoms with Crippen LogP contribution in [0.4, 0.5) is 4.79 Å². The van der Waals surface area contributed by atoms with Gasteiger partial charge in [0.15, 0.2) is 5.88 Å². The normalized spacial score (nSPS) is 16.0. The summed E-state index contributed by atoms with van der Waals surface area (Å²) in [7, 11) is 1.59. The van der Waals surface area contributed by atoms with Crippen molar-refractivity contribution < 1.29 is 23.8 Å². The third-order valence-electron chi connectivity index (χ3n) is 5.68. The maximum Gasteiger partial charge on any atom is 0.408 e. The molecule has 0 spiro atoms. The molecule has 0 saturated heterocycles. The van der Waals surface area contributed by atoms with Crippen LogP contribution in [0.3, 0.4) is 0 Å². The van der Waals surface area contributed by atoms with Crippen LogP contribution in [0.5, 0.6) is 5.75 Å². The number of aromatic nitrogens is 1. The van der Waals surface area contributed by atoms with E-state index < -0.39 is 23.6 Å². The van der Waals surface area contributed by atoms with E-state index in [9.17, 15) is 9.59 Å². The van der Waals surface area contributed by atoms with Crippen LogP contribution in [0.15, 0.2) is 72.9 Å². The average molecular weight is 490 g/mol. The number of hydrogen-bond donors (Lipinski definition) is 2. The molecule has 2 N–H and O–H groups in total. The fraction of sp³-hybridized carbons (Fsp3) is 0.321. The number of amides is 2. The number of carbonyl (C=O) groups excluding carboxylic acids is 2. The lowest BCUT2D eigenvalue weighted by Gasteiger charge is -2.24. The summed E-state index contributed by atoms with van der Waals surface area (Å²) in [4.78, 5) is 29.8.